The van der Waals surface area contributed by atoms with E-state index in [2.05, 4.69) is 0 Å². The van der Waals surface area contributed by atoms with E-state index in [9.17, 15) is 0 Å². The van der Waals surface area contributed by atoms with Crippen LogP contribution in [0.4, 0.5) is 0 Å². The molecule has 6 heavy (non-hydrogen) atoms. The Bertz CT molecular complexity index is 99.0. The molecule has 36 valence electrons. The fraction of sp³-hybridized carbons (Fsp3) is 0. The molecule has 0 aliphatic carbocycles. The molecule has 0 aromatic carbocycles. The van der Waals surface area contributed by atoms with Crippen molar-refractivity contribution in [1.29, 1.82) is 0 Å². The zero-order chi connectivity index (χ0) is 4.50. The Kier molecular flexibility index (Phi) is 4.50. The van der Waals surface area contributed by atoms with Gasteiger partial charge in [-0.2, -0.15) is 0 Å². The fourth-order valence-corrected chi connectivity index (χ4v) is 0. The molecule has 0 radical (unpaired) electrons. The molecular weight excluding hydrogens is 120 g/mol. The third kappa shape index (κ3) is 151. The van der Waals surface area contributed by atoms with E-state index < -0.39 is 10.4 Å². The largest absolute Gasteiger partial charge is 2.00 e. The molecule has 1 N–H and O–H groups in total. The maximum atomic E-state index is 8.63. The Morgan fingerprint density at radius 1 is 1.83 bits per heavy atom. The van der Waals surface area contributed by atoms with Gasteiger partial charge >= 0.3 is 24.5 Å². The van der Waals surface area contributed by atoms with Gasteiger partial charge in [-0.3, -0.25) is 4.55 Å². The van der Waals surface area contributed by atoms with Crippen LogP contribution in [0.3, 0.4) is 0 Å². The van der Waals surface area contributed by atoms with E-state index in [4.69, 9.17) is 17.5 Å². The molecule has 0 fully saturated rings. The van der Waals surface area contributed by atoms with Crippen LogP contribution >= 0.6 is 0 Å². The van der Waals surface area contributed by atoms with Crippen molar-refractivity contribution in [3.05, 3.63) is 0 Å². The molecule has 0 aliphatic rings. The molecule has 0 rings (SSSR count). The second-order valence-corrected chi connectivity index (χ2v) is 1.28. The summed E-state index contributed by atoms with van der Waals surface area (Å²) < 4.78 is 32.8. The Morgan fingerprint density at radius 3 is 1.83 bits per heavy atom. The third-order valence-electron chi connectivity index (χ3n) is 0. The Labute approximate surface area is 55.7 Å². The zero-order valence-corrected chi connectivity index (χ0v) is 5.02. The molecule has 0 saturated heterocycles. The fourth-order valence-electron chi connectivity index (χ4n) is 0. The molecule has 0 aromatic heterocycles. The van der Waals surface area contributed by atoms with Gasteiger partial charge in [0, 0.05) is 0 Å². The summed E-state index contributed by atoms with van der Waals surface area (Å²) in [4.78, 5) is 0. The summed E-state index contributed by atoms with van der Waals surface area (Å²) >= 11 is 0. The summed E-state index contributed by atoms with van der Waals surface area (Å²) in [5, 5.41) is 0. The standard InChI is InChI=1S/Mg.H2O4S.2H/c;1-5(2,3)4;;/h;(H2,1,2,3,4);;/q+2;;2*-1. The number of hydrogen-bond donors (Lipinski definition) is 1. The summed E-state index contributed by atoms with van der Waals surface area (Å²) in [5.74, 6) is 0. The van der Waals surface area contributed by atoms with E-state index >= 15 is 0 Å². The van der Waals surface area contributed by atoms with Crippen LogP contribution in [-0.2, 0) is 10.4 Å². The van der Waals surface area contributed by atoms with Crippen molar-refractivity contribution in [3.8, 4) is 0 Å². The molecule has 0 atom stereocenters. The van der Waals surface area contributed by atoms with Gasteiger partial charge < -0.3 is 7.41 Å². The molecule has 0 spiro atoms. The van der Waals surface area contributed by atoms with E-state index in [1.807, 2.05) is 0 Å². The molecule has 4 nitrogen and oxygen atoms in total. The van der Waals surface area contributed by atoms with Crippen molar-refractivity contribution in [3.63, 3.8) is 0 Å². The minimum Gasteiger partial charge on any atom is -1.00 e. The Hall–Kier alpha value is 0.636. The first-order valence-corrected chi connectivity index (χ1v) is 2.05. The molecule has 0 saturated carbocycles. The predicted octanol–water partition coefficient (Wildman–Crippen LogP) is -1.04. The van der Waals surface area contributed by atoms with Crippen LogP contribution in [0.5, 0.6) is 0 Å². The Balaban J connectivity index is -0.0000000133. The third-order valence-corrected chi connectivity index (χ3v) is 0. The monoisotopic (exact) mass is 124 g/mol. The summed E-state index contributed by atoms with van der Waals surface area (Å²) in [5.41, 5.74) is 0. The van der Waals surface area contributed by atoms with Gasteiger partial charge in [-0.15, -0.1) is 0 Å². The normalized spacial score (nSPS) is 9.67. The van der Waals surface area contributed by atoms with Gasteiger partial charge in [-0.05, 0) is 0 Å². The molecule has 0 bridgehead atoms. The molecular formula is H4MgO4S. The van der Waals surface area contributed by atoms with Crippen LogP contribution in [0.2, 0.25) is 0 Å². The number of rotatable bonds is 0. The first kappa shape index (κ1) is 9.81. The van der Waals surface area contributed by atoms with E-state index in [0.717, 1.165) is 0 Å². The molecule has 0 heterocycles. The van der Waals surface area contributed by atoms with Gasteiger partial charge in [-0.1, -0.05) is 0 Å². The quantitative estimate of drug-likeness (QED) is 0.254. The van der Waals surface area contributed by atoms with Gasteiger partial charge in [0.25, 0.3) is 0 Å². The zero-order valence-electron chi connectivity index (χ0n) is 5.79. The van der Waals surface area contributed by atoms with Crippen molar-refractivity contribution < 1.29 is 21.8 Å². The van der Waals surface area contributed by atoms with Gasteiger partial charge in [0.05, 0.1) is 0 Å². The van der Waals surface area contributed by atoms with Crippen molar-refractivity contribution in [2.75, 3.05) is 0 Å². The van der Waals surface area contributed by atoms with E-state index in [1.165, 1.54) is 0 Å². The molecule has 6 heteroatoms. The van der Waals surface area contributed by atoms with Crippen molar-refractivity contribution >= 4 is 33.5 Å². The van der Waals surface area contributed by atoms with E-state index in [1.54, 1.807) is 0 Å². The van der Waals surface area contributed by atoms with E-state index in [-0.39, 0.29) is 27.3 Å². The molecule has 0 aromatic rings. The van der Waals surface area contributed by atoms with Gasteiger partial charge in [0.1, 0.15) is 0 Å². The number of hydrogen-bond acceptors (Lipinski definition) is 3. The van der Waals surface area contributed by atoms with Gasteiger partial charge in [0.15, 0.2) is 0 Å². The maximum Gasteiger partial charge on any atom is 2.00 e. The van der Waals surface area contributed by atoms with Crippen LogP contribution in [0.15, 0.2) is 0 Å². The van der Waals surface area contributed by atoms with Crippen LogP contribution in [-0.4, -0.2) is 40.6 Å². The minimum atomic E-state index is -4.92. The second kappa shape index (κ2) is 2.75. The molecule has 0 amide bonds. The van der Waals surface area contributed by atoms with Gasteiger partial charge in [-0.25, -0.2) is 8.42 Å². The Morgan fingerprint density at radius 2 is 1.83 bits per heavy atom. The van der Waals surface area contributed by atoms with Crippen LogP contribution in [0.25, 0.3) is 0 Å². The van der Waals surface area contributed by atoms with Crippen LogP contribution in [0.1, 0.15) is 4.28 Å². The summed E-state index contributed by atoms with van der Waals surface area (Å²) in [6, 6.07) is 0. The average Bonchev–Trinajstić information content (AvgIpc) is 0.722. The summed E-state index contributed by atoms with van der Waals surface area (Å²) in [6.07, 6.45) is 0. The molecule has 0 aliphatic heterocycles. The maximum absolute atomic E-state index is 8.63. The van der Waals surface area contributed by atoms with Crippen LogP contribution in [0, 0.1) is 0 Å². The van der Waals surface area contributed by atoms with E-state index in [0.29, 0.717) is 0 Å². The second-order valence-electron chi connectivity index (χ2n) is 0.428. The van der Waals surface area contributed by atoms with Gasteiger partial charge in [0.2, 0.25) is 10.4 Å². The predicted molar refractivity (Wildman–Crippen MR) is 21.4 cm³/mol. The minimum absolute atomic E-state index is 0. The van der Waals surface area contributed by atoms with Crippen molar-refractivity contribution in [1.82, 2.24) is 0 Å². The van der Waals surface area contributed by atoms with Crippen molar-refractivity contribution in [2.45, 2.75) is 0 Å². The van der Waals surface area contributed by atoms with Crippen molar-refractivity contribution in [2.24, 2.45) is 0 Å². The summed E-state index contributed by atoms with van der Waals surface area (Å²) in [6.45, 7) is 0. The van der Waals surface area contributed by atoms with Crippen LogP contribution < -0.4 is 0 Å². The summed E-state index contributed by atoms with van der Waals surface area (Å²) in [7, 11) is -4.92. The first-order valence-electron chi connectivity index (χ1n) is 0.683. The first-order chi connectivity index (χ1) is 2.00. The SMILES string of the molecule is O=S(=O)([O-])O.[H+].[H-].[H-].[Mg+2]. The smallest absolute Gasteiger partial charge is 1.00 e. The topological polar surface area (TPSA) is 77.4 Å². The average molecular weight is 124 g/mol. The molecule has 0 unspecified atom stereocenters.